The Bertz CT molecular complexity index is 1140. The number of carbonyl (C=O) groups excluding carboxylic acids is 1. The van der Waals surface area contributed by atoms with E-state index in [0.717, 1.165) is 11.1 Å². The topological polar surface area (TPSA) is 52.9 Å². The maximum Gasteiger partial charge on any atom is 0.267 e. The maximum absolute atomic E-state index is 13.2. The average molecular weight is 469 g/mol. The van der Waals surface area contributed by atoms with E-state index >= 15 is 0 Å². The summed E-state index contributed by atoms with van der Waals surface area (Å²) in [6.45, 7) is 0.903. The van der Waals surface area contributed by atoms with Crippen molar-refractivity contribution < 1.29 is 9.90 Å². The number of amides is 1. The van der Waals surface area contributed by atoms with Crippen molar-refractivity contribution in [1.29, 1.82) is 0 Å². The number of benzene rings is 3. The van der Waals surface area contributed by atoms with E-state index in [0.29, 0.717) is 28.7 Å². The molecule has 1 amide bonds. The molecule has 31 heavy (non-hydrogen) atoms. The van der Waals surface area contributed by atoms with Crippen molar-refractivity contribution in [1.82, 2.24) is 4.90 Å². The molecule has 0 radical (unpaired) electrons. The van der Waals surface area contributed by atoms with Crippen molar-refractivity contribution in [2.24, 2.45) is 4.99 Å². The quantitative estimate of drug-likeness (QED) is 0.442. The Balaban J connectivity index is 1.66. The molecular formula is C24H18Cl2N2O2S. The molecule has 0 unspecified atom stereocenters. The summed E-state index contributed by atoms with van der Waals surface area (Å²) in [6, 6.07) is 22.8. The summed E-state index contributed by atoms with van der Waals surface area (Å²) in [6.07, 6.45) is 1.72. The molecule has 1 heterocycles. The largest absolute Gasteiger partial charge is 0.505 e. The zero-order chi connectivity index (χ0) is 21.8. The second kappa shape index (κ2) is 9.60. The van der Waals surface area contributed by atoms with Gasteiger partial charge in [-0.2, -0.15) is 0 Å². The Labute approximate surface area is 194 Å². The van der Waals surface area contributed by atoms with E-state index < -0.39 is 0 Å². The molecule has 156 valence electrons. The molecule has 0 aromatic heterocycles. The highest BCUT2D eigenvalue weighted by molar-refractivity contribution is 8.18. The Morgan fingerprint density at radius 2 is 1.52 bits per heavy atom. The smallest absolute Gasteiger partial charge is 0.267 e. The Kier molecular flexibility index (Phi) is 6.66. The molecule has 0 atom stereocenters. The summed E-state index contributed by atoms with van der Waals surface area (Å²) in [5.74, 6) is -0.312. The SMILES string of the molecule is O=C1/C(=C\c2cc(Cl)c(O)c(Cl)c2)SC(=NCc2ccccc2)N1Cc1ccccc1. The standard InChI is InChI=1S/C24H18Cl2N2O2S/c25-19-11-18(12-20(26)22(19)29)13-21-23(30)28(15-17-9-5-2-6-10-17)24(31-21)27-14-16-7-3-1-4-8-16/h1-13,29H,14-15H2/b21-13+,27-24?. The lowest BCUT2D eigenvalue weighted by Crippen LogP contribution is -2.28. The number of amidine groups is 1. The first kappa shape index (κ1) is 21.5. The van der Waals surface area contributed by atoms with E-state index in [1.807, 2.05) is 60.7 Å². The monoisotopic (exact) mass is 468 g/mol. The van der Waals surface area contributed by atoms with Crippen LogP contribution in [0.4, 0.5) is 0 Å². The Morgan fingerprint density at radius 3 is 2.13 bits per heavy atom. The number of carbonyl (C=O) groups is 1. The molecule has 1 fully saturated rings. The van der Waals surface area contributed by atoms with Gasteiger partial charge in [-0.05, 0) is 46.7 Å². The minimum atomic E-state index is -0.174. The Hall–Kier alpha value is -2.73. The van der Waals surface area contributed by atoms with Crippen molar-refractivity contribution in [3.8, 4) is 5.75 Å². The lowest BCUT2D eigenvalue weighted by Gasteiger charge is -2.15. The first-order valence-electron chi connectivity index (χ1n) is 9.53. The van der Waals surface area contributed by atoms with Crippen LogP contribution < -0.4 is 0 Å². The van der Waals surface area contributed by atoms with Crippen molar-refractivity contribution in [3.05, 3.63) is 104 Å². The number of nitrogens with zero attached hydrogens (tertiary/aromatic N) is 2. The molecule has 7 heteroatoms. The number of phenolic OH excluding ortho intramolecular Hbond substituents is 1. The summed E-state index contributed by atoms with van der Waals surface area (Å²) in [7, 11) is 0. The molecule has 4 rings (SSSR count). The maximum atomic E-state index is 13.2. The third kappa shape index (κ3) is 5.13. The van der Waals surface area contributed by atoms with Crippen molar-refractivity contribution in [3.63, 3.8) is 0 Å². The van der Waals surface area contributed by atoms with Gasteiger partial charge in [-0.15, -0.1) is 0 Å². The molecule has 0 bridgehead atoms. The summed E-state index contributed by atoms with van der Waals surface area (Å²) in [4.78, 5) is 20.1. The lowest BCUT2D eigenvalue weighted by molar-refractivity contribution is -0.122. The molecule has 0 spiro atoms. The highest BCUT2D eigenvalue weighted by Crippen LogP contribution is 2.37. The molecular weight excluding hydrogens is 451 g/mol. The van der Waals surface area contributed by atoms with Gasteiger partial charge < -0.3 is 5.11 Å². The van der Waals surface area contributed by atoms with Gasteiger partial charge in [0.1, 0.15) is 0 Å². The second-order valence-corrected chi connectivity index (χ2v) is 8.73. The summed E-state index contributed by atoms with van der Waals surface area (Å²) in [5, 5.41) is 10.7. The highest BCUT2D eigenvalue weighted by atomic mass is 35.5. The molecule has 1 aliphatic rings. The van der Waals surface area contributed by atoms with Crippen LogP contribution in [0.5, 0.6) is 5.75 Å². The summed E-state index contributed by atoms with van der Waals surface area (Å²) in [5.41, 5.74) is 2.71. The molecule has 1 saturated heterocycles. The zero-order valence-corrected chi connectivity index (χ0v) is 18.7. The van der Waals surface area contributed by atoms with E-state index in [4.69, 9.17) is 28.2 Å². The highest BCUT2D eigenvalue weighted by Gasteiger charge is 2.33. The van der Waals surface area contributed by atoms with Crippen molar-refractivity contribution in [2.75, 3.05) is 0 Å². The first-order valence-corrected chi connectivity index (χ1v) is 11.1. The van der Waals surface area contributed by atoms with Gasteiger partial charge in [-0.25, -0.2) is 0 Å². The van der Waals surface area contributed by atoms with Gasteiger partial charge >= 0.3 is 0 Å². The van der Waals surface area contributed by atoms with Gasteiger partial charge in [0.2, 0.25) is 0 Å². The Morgan fingerprint density at radius 1 is 0.935 bits per heavy atom. The van der Waals surface area contributed by atoms with Gasteiger partial charge in [0.15, 0.2) is 10.9 Å². The number of halogens is 2. The number of aromatic hydroxyl groups is 1. The average Bonchev–Trinajstić information content (AvgIpc) is 3.06. The predicted octanol–water partition coefficient (Wildman–Crippen LogP) is 6.37. The summed E-state index contributed by atoms with van der Waals surface area (Å²) >= 11 is 13.4. The number of aliphatic imine (C=N–C) groups is 1. The predicted molar refractivity (Wildman–Crippen MR) is 128 cm³/mol. The van der Waals surface area contributed by atoms with Crippen LogP contribution in [0.25, 0.3) is 6.08 Å². The molecule has 0 aliphatic carbocycles. The minimum absolute atomic E-state index is 0.133. The van der Waals surface area contributed by atoms with Crippen LogP contribution >= 0.6 is 35.0 Å². The minimum Gasteiger partial charge on any atom is -0.505 e. The first-order chi connectivity index (χ1) is 15.0. The van der Waals surface area contributed by atoms with Gasteiger partial charge in [0.25, 0.3) is 5.91 Å². The van der Waals surface area contributed by atoms with Crippen LogP contribution in [-0.4, -0.2) is 21.1 Å². The molecule has 0 saturated carbocycles. The van der Waals surface area contributed by atoms with Gasteiger partial charge in [0, 0.05) is 0 Å². The normalized spacial score (nSPS) is 16.5. The van der Waals surface area contributed by atoms with E-state index in [1.54, 1.807) is 23.1 Å². The van der Waals surface area contributed by atoms with Gasteiger partial charge in [-0.3, -0.25) is 14.7 Å². The fraction of sp³-hybridized carbons (Fsp3) is 0.0833. The number of hydrogen-bond acceptors (Lipinski definition) is 4. The van der Waals surface area contributed by atoms with Crippen molar-refractivity contribution in [2.45, 2.75) is 13.1 Å². The van der Waals surface area contributed by atoms with Crippen LogP contribution in [0.15, 0.2) is 82.7 Å². The molecule has 4 nitrogen and oxygen atoms in total. The number of thioether (sulfide) groups is 1. The van der Waals surface area contributed by atoms with Crippen LogP contribution in [-0.2, 0) is 17.9 Å². The van der Waals surface area contributed by atoms with E-state index in [-0.39, 0.29) is 21.7 Å². The molecule has 3 aromatic carbocycles. The van der Waals surface area contributed by atoms with E-state index in [2.05, 4.69) is 0 Å². The number of rotatable bonds is 5. The van der Waals surface area contributed by atoms with Crippen LogP contribution in [0, 0.1) is 0 Å². The number of hydrogen-bond donors (Lipinski definition) is 1. The molecule has 1 N–H and O–H groups in total. The zero-order valence-electron chi connectivity index (χ0n) is 16.3. The molecule has 3 aromatic rings. The van der Waals surface area contributed by atoms with Gasteiger partial charge in [-0.1, -0.05) is 83.9 Å². The number of phenols is 1. The van der Waals surface area contributed by atoms with Crippen LogP contribution in [0.3, 0.4) is 0 Å². The lowest BCUT2D eigenvalue weighted by atomic mass is 10.2. The third-order valence-electron chi connectivity index (χ3n) is 4.65. The summed E-state index contributed by atoms with van der Waals surface area (Å²) < 4.78 is 0. The fourth-order valence-corrected chi connectivity index (χ4v) is 4.57. The fourth-order valence-electron chi connectivity index (χ4n) is 3.09. The molecule has 1 aliphatic heterocycles. The van der Waals surface area contributed by atoms with Gasteiger partial charge in [0.05, 0.1) is 28.0 Å². The second-order valence-electron chi connectivity index (χ2n) is 6.91. The van der Waals surface area contributed by atoms with E-state index in [1.165, 1.54) is 11.8 Å². The van der Waals surface area contributed by atoms with Crippen molar-refractivity contribution >= 4 is 52.1 Å². The van der Waals surface area contributed by atoms with Crippen LogP contribution in [0.1, 0.15) is 16.7 Å². The third-order valence-corrected chi connectivity index (χ3v) is 6.27. The van der Waals surface area contributed by atoms with Crippen LogP contribution in [0.2, 0.25) is 10.0 Å². The van der Waals surface area contributed by atoms with E-state index in [9.17, 15) is 9.90 Å².